The molecule has 7 rings (SSSR count). The van der Waals surface area contributed by atoms with Gasteiger partial charge in [-0.3, -0.25) is 29.6 Å². The minimum Gasteiger partial charge on any atom is -0.489 e. The van der Waals surface area contributed by atoms with Crippen molar-refractivity contribution in [2.45, 2.75) is 69.2 Å². The molecule has 3 aliphatic heterocycles. The van der Waals surface area contributed by atoms with Crippen molar-refractivity contribution in [2.24, 2.45) is 0 Å². The number of nitrogens with one attached hydrogen (secondary N) is 1. The highest BCUT2D eigenvalue weighted by atomic mass is 16.5. The summed E-state index contributed by atoms with van der Waals surface area (Å²) in [6.07, 6.45) is 7.06. The number of carbonyl (C=O) groups excluding carboxylic acids is 3. The predicted octanol–water partition coefficient (Wildman–Crippen LogP) is 3.18. The van der Waals surface area contributed by atoms with Crippen LogP contribution in [0, 0.1) is 0 Å². The van der Waals surface area contributed by atoms with E-state index in [-0.39, 0.29) is 24.3 Å². The molecular formula is C30H31N5O4. The molecule has 3 fully saturated rings. The Morgan fingerprint density at radius 2 is 1.77 bits per heavy atom. The molecule has 4 aliphatic rings. The molecule has 1 aliphatic carbocycles. The average Bonchev–Trinajstić information content (AvgIpc) is 3.24. The van der Waals surface area contributed by atoms with Gasteiger partial charge in [0.1, 0.15) is 17.9 Å². The molecule has 2 saturated heterocycles. The van der Waals surface area contributed by atoms with Crippen molar-refractivity contribution in [2.75, 3.05) is 13.1 Å². The number of hydrogen-bond donors (Lipinski definition) is 1. The zero-order valence-electron chi connectivity index (χ0n) is 21.7. The number of benzene rings is 2. The summed E-state index contributed by atoms with van der Waals surface area (Å²) in [6, 6.07) is 13.4. The zero-order valence-corrected chi connectivity index (χ0v) is 21.7. The van der Waals surface area contributed by atoms with E-state index in [0.29, 0.717) is 30.5 Å². The largest absolute Gasteiger partial charge is 0.489 e. The maximum Gasteiger partial charge on any atom is 0.255 e. The van der Waals surface area contributed by atoms with Crippen molar-refractivity contribution in [3.05, 3.63) is 65.5 Å². The second kappa shape index (κ2) is 9.72. The van der Waals surface area contributed by atoms with E-state index < -0.39 is 11.9 Å². The van der Waals surface area contributed by atoms with Gasteiger partial charge in [-0.25, -0.2) is 4.98 Å². The molecule has 0 radical (unpaired) electrons. The fourth-order valence-electron chi connectivity index (χ4n) is 6.57. The SMILES string of the molecule is O=C1CCC(N2Cc3cc(O[C@H]4CCCC[C@H]4N4CC(c5cnc6ccccc6n5)C4)ccc3C2=O)C(=O)N1. The van der Waals surface area contributed by atoms with Gasteiger partial charge in [0.05, 0.1) is 16.7 Å². The maximum absolute atomic E-state index is 13.0. The summed E-state index contributed by atoms with van der Waals surface area (Å²) in [5, 5.41) is 2.36. The summed E-state index contributed by atoms with van der Waals surface area (Å²) in [5.74, 6) is 0.313. The predicted molar refractivity (Wildman–Crippen MR) is 143 cm³/mol. The molecule has 1 N–H and O–H groups in total. The van der Waals surface area contributed by atoms with Crippen LogP contribution in [0.15, 0.2) is 48.7 Å². The van der Waals surface area contributed by atoms with Gasteiger partial charge in [-0.2, -0.15) is 0 Å². The topological polar surface area (TPSA) is 105 Å². The van der Waals surface area contributed by atoms with Crippen molar-refractivity contribution in [3.63, 3.8) is 0 Å². The summed E-state index contributed by atoms with van der Waals surface area (Å²) in [7, 11) is 0. The Morgan fingerprint density at radius 1 is 0.949 bits per heavy atom. The minimum atomic E-state index is -0.610. The zero-order chi connectivity index (χ0) is 26.5. The number of para-hydroxylation sites is 2. The van der Waals surface area contributed by atoms with Gasteiger partial charge < -0.3 is 9.64 Å². The molecule has 2 aromatic carbocycles. The molecule has 9 heteroatoms. The Balaban J connectivity index is 1.02. The number of piperidine rings is 1. The molecule has 200 valence electrons. The second-order valence-corrected chi connectivity index (χ2v) is 11.2. The monoisotopic (exact) mass is 525 g/mol. The van der Waals surface area contributed by atoms with Gasteiger partial charge >= 0.3 is 0 Å². The van der Waals surface area contributed by atoms with Crippen LogP contribution in [-0.2, 0) is 16.1 Å². The highest BCUT2D eigenvalue weighted by Gasteiger charge is 2.41. The van der Waals surface area contributed by atoms with Crippen LogP contribution in [0.1, 0.15) is 66.1 Å². The smallest absolute Gasteiger partial charge is 0.255 e. The van der Waals surface area contributed by atoms with Crippen LogP contribution in [0.5, 0.6) is 5.75 Å². The number of fused-ring (bicyclic) bond motifs is 2. The molecule has 1 aromatic heterocycles. The van der Waals surface area contributed by atoms with Crippen molar-refractivity contribution >= 4 is 28.8 Å². The van der Waals surface area contributed by atoms with Gasteiger partial charge in [0.25, 0.3) is 5.91 Å². The minimum absolute atomic E-state index is 0.0868. The molecule has 39 heavy (non-hydrogen) atoms. The molecule has 4 heterocycles. The lowest BCUT2D eigenvalue weighted by molar-refractivity contribution is -0.136. The van der Waals surface area contributed by atoms with E-state index in [1.807, 2.05) is 48.7 Å². The molecule has 0 bridgehead atoms. The lowest BCUT2D eigenvalue weighted by Gasteiger charge is -2.48. The summed E-state index contributed by atoms with van der Waals surface area (Å²) < 4.78 is 6.58. The van der Waals surface area contributed by atoms with E-state index in [0.717, 1.165) is 60.4 Å². The lowest BCUT2D eigenvalue weighted by atomic mass is 9.86. The van der Waals surface area contributed by atoms with Crippen molar-refractivity contribution in [1.82, 2.24) is 25.1 Å². The summed E-state index contributed by atoms with van der Waals surface area (Å²) in [6.45, 7) is 2.26. The standard InChI is InChI=1S/C30H31N5O4/c36-28-12-11-26(29(37)33-28)35-17-18-13-20(9-10-21(18)30(35)38)39-27-8-4-3-7-25(27)34-15-19(16-34)24-14-31-22-5-1-2-6-23(22)32-24/h1-2,5-6,9-10,13-14,19,25-27H,3-4,7-8,11-12,15-17H2,(H,33,36,37)/t25-,26?,27+/m1/s1. The van der Waals surface area contributed by atoms with Crippen LogP contribution in [0.25, 0.3) is 11.0 Å². The molecule has 0 spiro atoms. The van der Waals surface area contributed by atoms with E-state index in [1.165, 1.54) is 6.42 Å². The highest BCUT2D eigenvalue weighted by Crippen LogP contribution is 2.36. The van der Waals surface area contributed by atoms with Crippen molar-refractivity contribution in [3.8, 4) is 5.75 Å². The first-order chi connectivity index (χ1) is 19.0. The Bertz CT molecular complexity index is 1470. The maximum atomic E-state index is 13.0. The second-order valence-electron chi connectivity index (χ2n) is 11.2. The summed E-state index contributed by atoms with van der Waals surface area (Å²) >= 11 is 0. The number of hydrogen-bond acceptors (Lipinski definition) is 7. The third-order valence-electron chi connectivity index (χ3n) is 8.71. The first-order valence-corrected chi connectivity index (χ1v) is 13.9. The van der Waals surface area contributed by atoms with E-state index in [1.54, 1.807) is 4.90 Å². The van der Waals surface area contributed by atoms with Gasteiger partial charge in [-0.15, -0.1) is 0 Å². The summed E-state index contributed by atoms with van der Waals surface area (Å²) in [5.41, 5.74) is 4.40. The first kappa shape index (κ1) is 24.2. The third kappa shape index (κ3) is 4.44. The number of carbonyl (C=O) groups is 3. The summed E-state index contributed by atoms with van der Waals surface area (Å²) in [4.78, 5) is 50.5. The average molecular weight is 526 g/mol. The van der Waals surface area contributed by atoms with Gasteiger partial charge in [0.2, 0.25) is 11.8 Å². The third-order valence-corrected chi connectivity index (χ3v) is 8.71. The van der Waals surface area contributed by atoms with Crippen LogP contribution < -0.4 is 10.1 Å². The molecule has 3 atom stereocenters. The Labute approximate surface area is 226 Å². The molecule has 3 amide bonds. The first-order valence-electron chi connectivity index (χ1n) is 13.9. The number of rotatable bonds is 5. The number of aromatic nitrogens is 2. The van der Waals surface area contributed by atoms with Gasteiger partial charge in [-0.1, -0.05) is 18.6 Å². The lowest BCUT2D eigenvalue weighted by Crippen LogP contribution is -2.57. The fourth-order valence-corrected chi connectivity index (χ4v) is 6.57. The van der Waals surface area contributed by atoms with Crippen LogP contribution in [0.4, 0.5) is 0 Å². The Morgan fingerprint density at radius 3 is 2.62 bits per heavy atom. The van der Waals surface area contributed by atoms with Crippen molar-refractivity contribution < 1.29 is 19.1 Å². The number of nitrogens with zero attached hydrogens (tertiary/aromatic N) is 4. The van der Waals surface area contributed by atoms with Gasteiger partial charge in [-0.05, 0) is 61.6 Å². The van der Waals surface area contributed by atoms with E-state index >= 15 is 0 Å². The molecule has 1 unspecified atom stereocenters. The normalized spacial score (nSPS) is 25.9. The molecule has 9 nitrogen and oxygen atoms in total. The van der Waals surface area contributed by atoms with Crippen molar-refractivity contribution in [1.29, 1.82) is 0 Å². The van der Waals surface area contributed by atoms with E-state index in [2.05, 4.69) is 15.2 Å². The molecule has 3 aromatic rings. The Kier molecular flexibility index (Phi) is 6.03. The van der Waals surface area contributed by atoms with Gasteiger partial charge in [0, 0.05) is 49.8 Å². The van der Waals surface area contributed by atoms with Crippen LogP contribution >= 0.6 is 0 Å². The number of amides is 3. The van der Waals surface area contributed by atoms with Crippen LogP contribution in [0.2, 0.25) is 0 Å². The fraction of sp³-hybridized carbons (Fsp3) is 0.433. The highest BCUT2D eigenvalue weighted by molar-refractivity contribution is 6.05. The van der Waals surface area contributed by atoms with E-state index in [4.69, 9.17) is 9.72 Å². The van der Waals surface area contributed by atoms with E-state index in [9.17, 15) is 14.4 Å². The Hall–Kier alpha value is -3.85. The van der Waals surface area contributed by atoms with Crippen LogP contribution in [-0.4, -0.2) is 68.8 Å². The number of likely N-dealkylation sites (tertiary alicyclic amines) is 1. The quantitative estimate of drug-likeness (QED) is 0.510. The number of imide groups is 1. The van der Waals surface area contributed by atoms with Crippen LogP contribution in [0.3, 0.4) is 0 Å². The van der Waals surface area contributed by atoms with Gasteiger partial charge in [0.15, 0.2) is 0 Å². The number of ether oxygens (including phenoxy) is 1. The molecular weight excluding hydrogens is 494 g/mol. The molecule has 1 saturated carbocycles.